The molecule has 0 aliphatic carbocycles. The highest BCUT2D eigenvalue weighted by molar-refractivity contribution is 8.00. The van der Waals surface area contributed by atoms with E-state index in [1.807, 2.05) is 0 Å². The first-order valence-corrected chi connectivity index (χ1v) is 12.4. The first-order chi connectivity index (χ1) is 13.7. The first-order valence-electron chi connectivity index (χ1n) is 11.4. The number of carbonyl (C=O) groups is 1. The zero-order chi connectivity index (χ0) is 19.5. The highest BCUT2D eigenvalue weighted by Gasteiger charge is 2.40. The summed E-state index contributed by atoms with van der Waals surface area (Å²) in [6.07, 6.45) is 11.2. The van der Waals surface area contributed by atoms with Crippen molar-refractivity contribution in [3.63, 3.8) is 0 Å². The van der Waals surface area contributed by atoms with Crippen LogP contribution in [0.1, 0.15) is 65.2 Å². The molecule has 0 aromatic heterocycles. The molecule has 3 heterocycles. The van der Waals surface area contributed by atoms with Gasteiger partial charge in [-0.25, -0.2) is 0 Å². The van der Waals surface area contributed by atoms with Gasteiger partial charge < -0.3 is 4.90 Å². The lowest BCUT2D eigenvalue weighted by Gasteiger charge is -2.41. The number of hydrogen-bond acceptors (Lipinski definition) is 3. The van der Waals surface area contributed by atoms with E-state index in [-0.39, 0.29) is 5.91 Å². The fourth-order valence-corrected chi connectivity index (χ4v) is 6.62. The largest absolute Gasteiger partial charge is 0.310 e. The summed E-state index contributed by atoms with van der Waals surface area (Å²) in [5, 5.41) is 0. The van der Waals surface area contributed by atoms with E-state index in [1.54, 1.807) is 11.8 Å². The Morgan fingerprint density at radius 3 is 2.61 bits per heavy atom. The fourth-order valence-electron chi connectivity index (χ4n) is 5.69. The average molecular weight is 401 g/mol. The van der Waals surface area contributed by atoms with Crippen molar-refractivity contribution in [1.82, 2.24) is 4.90 Å². The second-order valence-electron chi connectivity index (χ2n) is 9.28. The molecule has 2 bridgehead atoms. The van der Waals surface area contributed by atoms with Gasteiger partial charge in [0.25, 0.3) is 0 Å². The summed E-state index contributed by atoms with van der Waals surface area (Å²) in [6, 6.07) is 9.98. The van der Waals surface area contributed by atoms with Crippen LogP contribution in [0.4, 0.5) is 5.69 Å². The molecule has 0 saturated carbocycles. The van der Waals surface area contributed by atoms with Crippen LogP contribution in [0.5, 0.6) is 0 Å². The fraction of sp³-hybridized carbons (Fsp3) is 0.708. The van der Waals surface area contributed by atoms with E-state index in [1.165, 1.54) is 56.3 Å². The minimum atomic E-state index is 0.271. The van der Waals surface area contributed by atoms with Crippen molar-refractivity contribution >= 4 is 23.4 Å². The van der Waals surface area contributed by atoms with Crippen molar-refractivity contribution in [2.24, 2.45) is 11.8 Å². The molecule has 28 heavy (non-hydrogen) atoms. The monoisotopic (exact) mass is 400 g/mol. The van der Waals surface area contributed by atoms with E-state index in [9.17, 15) is 4.79 Å². The lowest BCUT2D eigenvalue weighted by Crippen LogP contribution is -2.47. The van der Waals surface area contributed by atoms with Gasteiger partial charge in [0, 0.05) is 30.1 Å². The van der Waals surface area contributed by atoms with Gasteiger partial charge >= 0.3 is 0 Å². The number of para-hydroxylation sites is 1. The summed E-state index contributed by atoms with van der Waals surface area (Å²) in [6.45, 7) is 6.64. The van der Waals surface area contributed by atoms with Crippen LogP contribution in [0.3, 0.4) is 0 Å². The number of fused-ring (bicyclic) bond motifs is 3. The number of rotatable bonds is 8. The van der Waals surface area contributed by atoms with Crippen molar-refractivity contribution in [3.8, 4) is 0 Å². The summed E-state index contributed by atoms with van der Waals surface area (Å²) >= 11 is 1.68. The second-order valence-corrected chi connectivity index (χ2v) is 10.3. The summed E-state index contributed by atoms with van der Waals surface area (Å²) in [5.74, 6) is 2.33. The summed E-state index contributed by atoms with van der Waals surface area (Å²) in [7, 11) is 0. The van der Waals surface area contributed by atoms with Gasteiger partial charge in [-0.3, -0.25) is 9.69 Å². The van der Waals surface area contributed by atoms with Crippen LogP contribution in [0.15, 0.2) is 29.2 Å². The summed E-state index contributed by atoms with van der Waals surface area (Å²) < 4.78 is 0. The van der Waals surface area contributed by atoms with E-state index < -0.39 is 0 Å². The third-order valence-corrected chi connectivity index (χ3v) is 8.07. The maximum atomic E-state index is 12.6. The lowest BCUT2D eigenvalue weighted by atomic mass is 9.86. The van der Waals surface area contributed by atoms with Crippen LogP contribution in [-0.4, -0.2) is 41.7 Å². The van der Waals surface area contributed by atoms with Crippen LogP contribution in [0.2, 0.25) is 0 Å². The second kappa shape index (κ2) is 9.21. The van der Waals surface area contributed by atoms with Gasteiger partial charge in [0.2, 0.25) is 5.91 Å². The Bertz CT molecular complexity index is 664. The Hall–Kier alpha value is -1.00. The minimum absolute atomic E-state index is 0.271. The molecule has 1 aromatic carbocycles. The van der Waals surface area contributed by atoms with Crippen molar-refractivity contribution in [2.75, 3.05) is 23.7 Å². The number of carbonyl (C=O) groups excluding carboxylic acids is 1. The Morgan fingerprint density at radius 2 is 1.86 bits per heavy atom. The smallest absolute Gasteiger partial charge is 0.237 e. The molecule has 2 unspecified atom stereocenters. The van der Waals surface area contributed by atoms with Crippen molar-refractivity contribution in [2.45, 2.75) is 82.2 Å². The van der Waals surface area contributed by atoms with E-state index in [4.69, 9.17) is 0 Å². The van der Waals surface area contributed by atoms with Gasteiger partial charge in [0.15, 0.2) is 0 Å². The summed E-state index contributed by atoms with van der Waals surface area (Å²) in [4.78, 5) is 18.7. The molecule has 4 atom stereocenters. The van der Waals surface area contributed by atoms with E-state index >= 15 is 0 Å². The quantitative estimate of drug-likeness (QED) is 0.532. The number of hydrogen-bond donors (Lipinski definition) is 0. The molecule has 154 valence electrons. The molecular weight excluding hydrogens is 364 g/mol. The Kier molecular flexibility index (Phi) is 6.67. The van der Waals surface area contributed by atoms with E-state index in [0.717, 1.165) is 36.8 Å². The topological polar surface area (TPSA) is 23.6 Å². The maximum Gasteiger partial charge on any atom is 0.237 e. The number of unbranched alkanes of at least 4 members (excludes halogenated alkanes) is 2. The van der Waals surface area contributed by atoms with Gasteiger partial charge in [-0.05, 0) is 49.7 Å². The van der Waals surface area contributed by atoms with Crippen molar-refractivity contribution in [3.05, 3.63) is 24.3 Å². The number of benzene rings is 1. The minimum Gasteiger partial charge on any atom is -0.310 e. The molecule has 1 amide bonds. The number of nitrogens with zero attached hydrogens (tertiary/aromatic N) is 2. The summed E-state index contributed by atoms with van der Waals surface area (Å²) in [5.41, 5.74) is 1.12. The third kappa shape index (κ3) is 4.43. The predicted molar refractivity (Wildman–Crippen MR) is 119 cm³/mol. The Morgan fingerprint density at radius 1 is 1.11 bits per heavy atom. The lowest BCUT2D eigenvalue weighted by molar-refractivity contribution is -0.116. The SMILES string of the molecule is CCCCCC1C[C@H]2CC[C@@H](C1)N2CC(C)CN1C(=O)CSc2ccccc21. The zero-order valence-electron chi connectivity index (χ0n) is 17.6. The third-order valence-electron chi connectivity index (χ3n) is 7.02. The average Bonchev–Trinajstić information content (AvgIpc) is 2.92. The normalized spacial score (nSPS) is 28.4. The molecule has 4 heteroatoms. The first kappa shape index (κ1) is 20.3. The molecule has 3 nitrogen and oxygen atoms in total. The molecule has 0 spiro atoms. The Labute approximate surface area is 175 Å². The standard InChI is InChI=1S/C24H36N2OS/c1-3-4-5-8-19-13-20-11-12-21(14-19)25(20)15-18(2)16-26-22-9-6-7-10-23(22)28-17-24(26)27/h6-7,9-10,18-21H,3-5,8,11-17H2,1-2H3/t18?,19?,20-,21+. The Balaban J connectivity index is 1.34. The van der Waals surface area contributed by atoms with Crippen LogP contribution in [0.25, 0.3) is 0 Å². The molecule has 1 aromatic rings. The number of amides is 1. The highest BCUT2D eigenvalue weighted by atomic mass is 32.2. The van der Waals surface area contributed by atoms with E-state index in [0.29, 0.717) is 11.7 Å². The van der Waals surface area contributed by atoms with Crippen LogP contribution in [0, 0.1) is 11.8 Å². The molecule has 0 N–H and O–H groups in total. The molecule has 3 aliphatic rings. The van der Waals surface area contributed by atoms with Gasteiger partial charge in [-0.1, -0.05) is 51.7 Å². The van der Waals surface area contributed by atoms with Crippen LogP contribution < -0.4 is 4.90 Å². The van der Waals surface area contributed by atoms with Crippen LogP contribution in [-0.2, 0) is 4.79 Å². The van der Waals surface area contributed by atoms with Gasteiger partial charge in [-0.15, -0.1) is 11.8 Å². The zero-order valence-corrected chi connectivity index (χ0v) is 18.4. The molecule has 4 rings (SSSR count). The molecular formula is C24H36N2OS. The van der Waals surface area contributed by atoms with Crippen molar-refractivity contribution in [1.29, 1.82) is 0 Å². The molecule has 3 aliphatic heterocycles. The number of thioether (sulfide) groups is 1. The molecule has 2 fully saturated rings. The van der Waals surface area contributed by atoms with Crippen LogP contribution >= 0.6 is 11.8 Å². The van der Waals surface area contributed by atoms with Gasteiger partial charge in [-0.2, -0.15) is 0 Å². The van der Waals surface area contributed by atoms with Gasteiger partial charge in [0.1, 0.15) is 0 Å². The molecule has 2 saturated heterocycles. The predicted octanol–water partition coefficient (Wildman–Crippen LogP) is 5.58. The number of anilines is 1. The van der Waals surface area contributed by atoms with Gasteiger partial charge in [0.05, 0.1) is 11.4 Å². The molecule has 0 radical (unpaired) electrons. The maximum absolute atomic E-state index is 12.6. The highest BCUT2D eigenvalue weighted by Crippen LogP contribution is 2.41. The van der Waals surface area contributed by atoms with Crippen molar-refractivity contribution < 1.29 is 4.79 Å². The van der Waals surface area contributed by atoms with E-state index in [2.05, 4.69) is 47.9 Å². The number of piperidine rings is 1.